The molecule has 5 rings (SSSR count). The predicted molar refractivity (Wildman–Crippen MR) is 121 cm³/mol. The molecule has 0 aliphatic carbocycles. The number of nitrogens with one attached hydrogen (secondary N) is 1. The Balaban J connectivity index is 1.54. The molecule has 4 aromatic heterocycles. The molecule has 182 valence electrons. The van der Waals surface area contributed by atoms with Gasteiger partial charge in [0, 0.05) is 6.54 Å². The van der Waals surface area contributed by atoms with Crippen LogP contribution >= 0.6 is 11.6 Å². The van der Waals surface area contributed by atoms with Crippen LogP contribution in [0.2, 0.25) is 5.02 Å². The highest BCUT2D eigenvalue weighted by atomic mass is 35.5. The van der Waals surface area contributed by atoms with Crippen molar-refractivity contribution in [3.8, 4) is 5.82 Å². The second-order valence-electron chi connectivity index (χ2n) is 8.14. The number of carbonyl (C=O) groups is 1. The van der Waals surface area contributed by atoms with Crippen LogP contribution in [0.4, 0.5) is 35.0 Å². The summed E-state index contributed by atoms with van der Waals surface area (Å²) in [5.41, 5.74) is 4.29. The number of amides is 2. The summed E-state index contributed by atoms with van der Waals surface area (Å²) in [6.45, 7) is 2.12. The fraction of sp³-hybridized carbons (Fsp3) is 0.300. The molecule has 1 aliphatic heterocycles. The monoisotopic (exact) mass is 506 g/mol. The maximum Gasteiger partial charge on any atom is 0.401 e. The lowest BCUT2D eigenvalue weighted by atomic mass is 9.87. The number of fused-ring (bicyclic) bond motifs is 3. The molecular formula is C20H18ClF3N10O. The van der Waals surface area contributed by atoms with Crippen LogP contribution in [0.25, 0.3) is 11.5 Å². The van der Waals surface area contributed by atoms with Crippen LogP contribution in [0, 0.1) is 0 Å². The predicted octanol–water partition coefficient (Wildman–Crippen LogP) is 3.38. The van der Waals surface area contributed by atoms with Gasteiger partial charge in [-0.1, -0.05) is 18.5 Å². The fourth-order valence-electron chi connectivity index (χ4n) is 4.06. The smallest absolute Gasteiger partial charge is 0.394 e. The Labute approximate surface area is 200 Å². The molecule has 0 fully saturated rings. The minimum Gasteiger partial charge on any atom is -0.394 e. The number of halogens is 4. The molecule has 1 aliphatic rings. The van der Waals surface area contributed by atoms with Crippen molar-refractivity contribution in [1.29, 1.82) is 0 Å². The first-order chi connectivity index (χ1) is 16.5. The number of rotatable bonds is 3. The van der Waals surface area contributed by atoms with Gasteiger partial charge in [0.2, 0.25) is 0 Å². The summed E-state index contributed by atoms with van der Waals surface area (Å²) < 4.78 is 44.1. The molecule has 0 radical (unpaired) electrons. The highest BCUT2D eigenvalue weighted by molar-refractivity contribution is 6.32. The molecule has 1 unspecified atom stereocenters. The topological polar surface area (TPSA) is 132 Å². The van der Waals surface area contributed by atoms with E-state index in [9.17, 15) is 18.0 Å². The summed E-state index contributed by atoms with van der Waals surface area (Å²) in [6, 6.07) is 0.577. The van der Waals surface area contributed by atoms with Gasteiger partial charge in [-0.15, -0.1) is 4.80 Å². The van der Waals surface area contributed by atoms with Gasteiger partial charge in [0.05, 0.1) is 52.6 Å². The third kappa shape index (κ3) is 3.43. The lowest BCUT2D eigenvalue weighted by Crippen LogP contribution is -2.46. The Morgan fingerprint density at radius 3 is 2.60 bits per heavy atom. The van der Waals surface area contributed by atoms with E-state index >= 15 is 0 Å². The Morgan fingerprint density at radius 2 is 1.97 bits per heavy atom. The van der Waals surface area contributed by atoms with Gasteiger partial charge in [0.1, 0.15) is 11.1 Å². The average Bonchev–Trinajstić information content (AvgIpc) is 3.51. The summed E-state index contributed by atoms with van der Waals surface area (Å²) in [5.74, 6) is 0.223. The number of nitrogens with two attached hydrogens (primary N) is 1. The number of anilines is 3. The second kappa shape index (κ2) is 7.80. The Hall–Kier alpha value is -3.94. The van der Waals surface area contributed by atoms with Gasteiger partial charge in [-0.05, 0) is 19.4 Å². The number of hydrogen-bond donors (Lipinski definition) is 2. The molecule has 0 saturated carbocycles. The van der Waals surface area contributed by atoms with E-state index in [1.54, 1.807) is 6.92 Å². The van der Waals surface area contributed by atoms with E-state index in [1.165, 1.54) is 35.7 Å². The lowest BCUT2D eigenvalue weighted by Gasteiger charge is -2.28. The van der Waals surface area contributed by atoms with Gasteiger partial charge in [0.25, 0.3) is 0 Å². The standard InChI is InChI=1S/C20H18ClF3N10O/c1-3-12-14(25)17-27-8-13-15(33(17)31-12)19(2,20(22,23)24)9-32(13)18(35)30-10-6-11(21)16(26-7-10)34-28-4-5-29-34/h4-8H,3,9,25H2,1-2H3,(H,30,35). The van der Waals surface area contributed by atoms with Gasteiger partial charge in [-0.3, -0.25) is 4.90 Å². The van der Waals surface area contributed by atoms with Gasteiger partial charge in [-0.25, -0.2) is 19.3 Å². The summed E-state index contributed by atoms with van der Waals surface area (Å²) in [4.78, 5) is 23.6. The molecule has 0 bridgehead atoms. The largest absolute Gasteiger partial charge is 0.401 e. The molecular weight excluding hydrogens is 489 g/mol. The van der Waals surface area contributed by atoms with Gasteiger partial charge in [-0.2, -0.15) is 28.5 Å². The van der Waals surface area contributed by atoms with E-state index in [0.717, 1.165) is 16.3 Å². The third-order valence-electron chi connectivity index (χ3n) is 5.91. The van der Waals surface area contributed by atoms with Crippen LogP contribution in [-0.2, 0) is 11.8 Å². The SMILES string of the molecule is CCc1nn2c3c(cnc2c1N)N(C(=O)Nc1cnc(-n2nccn2)c(Cl)c1)CC3(C)C(F)(F)F. The van der Waals surface area contributed by atoms with Crippen LogP contribution < -0.4 is 16.0 Å². The van der Waals surface area contributed by atoms with E-state index < -0.39 is 24.2 Å². The minimum atomic E-state index is -4.69. The van der Waals surface area contributed by atoms with E-state index in [-0.39, 0.29) is 39.2 Å². The summed E-state index contributed by atoms with van der Waals surface area (Å²) in [6.07, 6.45) is 1.11. The molecule has 35 heavy (non-hydrogen) atoms. The maximum atomic E-state index is 14.3. The van der Waals surface area contributed by atoms with Crippen molar-refractivity contribution in [3.05, 3.63) is 47.3 Å². The minimum absolute atomic E-state index is 0.0311. The first-order valence-corrected chi connectivity index (χ1v) is 10.8. The Morgan fingerprint density at radius 1 is 1.26 bits per heavy atom. The zero-order valence-electron chi connectivity index (χ0n) is 18.4. The number of nitrogens with zero attached hydrogens (tertiary/aromatic N) is 8. The Kier molecular flexibility index (Phi) is 5.09. The van der Waals surface area contributed by atoms with E-state index in [0.29, 0.717) is 12.1 Å². The van der Waals surface area contributed by atoms with Crippen molar-refractivity contribution >= 4 is 40.3 Å². The van der Waals surface area contributed by atoms with E-state index in [4.69, 9.17) is 17.3 Å². The first kappa shape index (κ1) is 22.8. The fourth-order valence-corrected chi connectivity index (χ4v) is 4.30. The number of urea groups is 1. The number of aryl methyl sites for hydroxylation is 1. The van der Waals surface area contributed by atoms with E-state index in [2.05, 4.69) is 30.6 Å². The molecule has 0 spiro atoms. The highest BCUT2D eigenvalue weighted by Crippen LogP contribution is 2.50. The average molecular weight is 507 g/mol. The van der Waals surface area contributed by atoms with Crippen LogP contribution in [-0.4, -0.2) is 53.3 Å². The van der Waals surface area contributed by atoms with Gasteiger partial charge >= 0.3 is 12.2 Å². The van der Waals surface area contributed by atoms with Crippen molar-refractivity contribution < 1.29 is 18.0 Å². The molecule has 0 aromatic carbocycles. The van der Waals surface area contributed by atoms with Crippen molar-refractivity contribution in [2.45, 2.75) is 31.9 Å². The van der Waals surface area contributed by atoms with Crippen molar-refractivity contribution in [2.24, 2.45) is 0 Å². The highest BCUT2D eigenvalue weighted by Gasteiger charge is 2.60. The number of nitrogen functional groups attached to an aromatic ring is 1. The maximum absolute atomic E-state index is 14.3. The van der Waals surface area contributed by atoms with Crippen molar-refractivity contribution in [3.63, 3.8) is 0 Å². The normalized spacial score (nSPS) is 17.7. The van der Waals surface area contributed by atoms with E-state index in [1.807, 2.05) is 0 Å². The molecule has 5 heterocycles. The Bertz CT molecular complexity index is 1450. The molecule has 2 amide bonds. The number of alkyl halides is 3. The summed E-state index contributed by atoms with van der Waals surface area (Å²) in [7, 11) is 0. The number of pyridine rings is 1. The zero-order chi connectivity index (χ0) is 25.1. The van der Waals surface area contributed by atoms with Crippen molar-refractivity contribution in [2.75, 3.05) is 22.5 Å². The molecule has 4 aromatic rings. The molecule has 11 nitrogen and oxygen atoms in total. The number of hydrogen-bond acceptors (Lipinski definition) is 7. The van der Waals surface area contributed by atoms with Crippen LogP contribution in [0.1, 0.15) is 25.2 Å². The van der Waals surface area contributed by atoms with Gasteiger partial charge in [0.15, 0.2) is 11.5 Å². The van der Waals surface area contributed by atoms with Gasteiger partial charge < -0.3 is 11.1 Å². The van der Waals surface area contributed by atoms with Crippen molar-refractivity contribution in [1.82, 2.24) is 34.6 Å². The van der Waals surface area contributed by atoms with Crippen LogP contribution in [0.15, 0.2) is 30.9 Å². The number of aromatic nitrogens is 7. The summed E-state index contributed by atoms with van der Waals surface area (Å²) >= 11 is 6.24. The molecule has 3 N–H and O–H groups in total. The second-order valence-corrected chi connectivity index (χ2v) is 8.54. The molecule has 15 heteroatoms. The molecule has 1 atom stereocenters. The van der Waals surface area contributed by atoms with Crippen LogP contribution in [0.5, 0.6) is 0 Å². The quantitative estimate of drug-likeness (QED) is 0.435. The van der Waals surface area contributed by atoms with Crippen LogP contribution in [0.3, 0.4) is 0 Å². The summed E-state index contributed by atoms with van der Waals surface area (Å²) in [5, 5.41) is 14.8. The number of carbonyl (C=O) groups excluding carboxylic acids is 1. The zero-order valence-corrected chi connectivity index (χ0v) is 19.1. The lowest BCUT2D eigenvalue weighted by molar-refractivity contribution is -0.181. The molecule has 0 saturated heterocycles. The first-order valence-electron chi connectivity index (χ1n) is 10.4. The third-order valence-corrected chi connectivity index (χ3v) is 6.19.